The molecule has 1 atom stereocenters. The Morgan fingerprint density at radius 3 is 2.25 bits per heavy atom. The van der Waals surface area contributed by atoms with Crippen LogP contribution in [0.2, 0.25) is 0 Å². The Morgan fingerprint density at radius 2 is 1.71 bits per heavy atom. The molecule has 160 valence electrons. The number of sulfonamides is 1. The van der Waals surface area contributed by atoms with Crippen LogP contribution in [0.4, 0.5) is 4.79 Å². The van der Waals surface area contributed by atoms with Gasteiger partial charge in [0.25, 0.3) is 0 Å². The van der Waals surface area contributed by atoms with Crippen molar-refractivity contribution in [2.24, 2.45) is 17.3 Å². The molecule has 1 aliphatic carbocycles. The van der Waals surface area contributed by atoms with Crippen LogP contribution in [0.5, 0.6) is 0 Å². The van der Waals surface area contributed by atoms with E-state index in [-0.39, 0.29) is 17.6 Å². The number of carbonyl (C=O) groups excluding carboxylic acids is 1. The SMILES string of the molecule is CCS(=O)(=O)NC(=O)C1CCC2(CC1)CCN(C[C@@H]1CCN(C(=O)O)C1)CC2. The van der Waals surface area contributed by atoms with Gasteiger partial charge in [-0.15, -0.1) is 0 Å². The molecule has 2 heterocycles. The number of carbonyl (C=O) groups is 2. The Hall–Kier alpha value is -1.35. The van der Waals surface area contributed by atoms with Crippen molar-refractivity contribution in [3.63, 3.8) is 0 Å². The molecule has 0 aromatic rings. The van der Waals surface area contributed by atoms with Crippen molar-refractivity contribution in [1.29, 1.82) is 0 Å². The van der Waals surface area contributed by atoms with Gasteiger partial charge in [-0.2, -0.15) is 0 Å². The fourth-order valence-corrected chi connectivity index (χ4v) is 5.65. The van der Waals surface area contributed by atoms with Crippen molar-refractivity contribution in [1.82, 2.24) is 14.5 Å². The minimum atomic E-state index is -3.48. The summed E-state index contributed by atoms with van der Waals surface area (Å²) in [5.74, 6) is -0.162. The fraction of sp³-hybridized carbons (Fsp3) is 0.895. The minimum absolute atomic E-state index is 0.0730. The van der Waals surface area contributed by atoms with E-state index in [0.717, 1.165) is 64.6 Å². The van der Waals surface area contributed by atoms with Crippen molar-refractivity contribution < 1.29 is 23.1 Å². The van der Waals surface area contributed by atoms with Crippen LogP contribution in [-0.2, 0) is 14.8 Å². The van der Waals surface area contributed by atoms with Crippen LogP contribution in [0.3, 0.4) is 0 Å². The predicted molar refractivity (Wildman–Crippen MR) is 105 cm³/mol. The molecule has 3 aliphatic rings. The Bertz CT molecular complexity index is 678. The Kier molecular flexibility index (Phi) is 6.54. The first kappa shape index (κ1) is 21.4. The summed E-state index contributed by atoms with van der Waals surface area (Å²) in [5, 5.41) is 9.09. The molecular weight excluding hydrogens is 382 g/mol. The zero-order valence-corrected chi connectivity index (χ0v) is 17.5. The van der Waals surface area contributed by atoms with E-state index in [9.17, 15) is 18.0 Å². The maximum atomic E-state index is 12.2. The molecule has 3 fully saturated rings. The molecule has 0 radical (unpaired) electrons. The van der Waals surface area contributed by atoms with Crippen LogP contribution in [-0.4, -0.2) is 73.8 Å². The highest BCUT2D eigenvalue weighted by molar-refractivity contribution is 7.90. The highest BCUT2D eigenvalue weighted by Crippen LogP contribution is 2.46. The zero-order valence-electron chi connectivity index (χ0n) is 16.7. The Balaban J connectivity index is 1.42. The first-order valence-electron chi connectivity index (χ1n) is 10.5. The summed E-state index contributed by atoms with van der Waals surface area (Å²) in [6.45, 7) is 5.86. The van der Waals surface area contributed by atoms with Gasteiger partial charge in [0, 0.05) is 25.6 Å². The van der Waals surface area contributed by atoms with E-state index in [2.05, 4.69) is 9.62 Å². The van der Waals surface area contributed by atoms with Crippen LogP contribution in [0.15, 0.2) is 0 Å². The second-order valence-corrected chi connectivity index (χ2v) is 10.8. The van der Waals surface area contributed by atoms with Gasteiger partial charge in [0.15, 0.2) is 0 Å². The molecule has 3 rings (SSSR count). The number of piperidine rings is 1. The van der Waals surface area contributed by atoms with Crippen LogP contribution in [0, 0.1) is 17.3 Å². The molecule has 1 saturated carbocycles. The van der Waals surface area contributed by atoms with E-state index in [4.69, 9.17) is 5.11 Å². The second-order valence-electron chi connectivity index (χ2n) is 8.83. The number of carboxylic acid groups (broad SMARTS) is 1. The molecule has 0 aromatic heterocycles. The molecular formula is C19H33N3O5S. The Morgan fingerprint density at radius 1 is 1.07 bits per heavy atom. The Labute approximate surface area is 167 Å². The summed E-state index contributed by atoms with van der Waals surface area (Å²) >= 11 is 0. The monoisotopic (exact) mass is 415 g/mol. The summed E-state index contributed by atoms with van der Waals surface area (Å²) in [6, 6.07) is 0. The number of likely N-dealkylation sites (tertiary alicyclic amines) is 2. The lowest BCUT2D eigenvalue weighted by Gasteiger charge is -2.46. The number of rotatable bonds is 5. The van der Waals surface area contributed by atoms with Crippen molar-refractivity contribution in [3.05, 3.63) is 0 Å². The number of amides is 2. The van der Waals surface area contributed by atoms with E-state index >= 15 is 0 Å². The molecule has 8 nitrogen and oxygen atoms in total. The molecule has 2 amide bonds. The normalized spacial score (nSPS) is 26.5. The summed E-state index contributed by atoms with van der Waals surface area (Å²) < 4.78 is 25.4. The summed E-state index contributed by atoms with van der Waals surface area (Å²) in [4.78, 5) is 27.3. The number of nitrogens with one attached hydrogen (secondary N) is 1. The van der Waals surface area contributed by atoms with E-state index in [0.29, 0.717) is 24.4 Å². The average Bonchev–Trinajstić information content (AvgIpc) is 3.13. The lowest BCUT2D eigenvalue weighted by atomic mass is 9.65. The standard InChI is InChI=1S/C19H33N3O5S/c1-2-28(26,27)20-17(23)16-3-6-19(7-4-16)8-11-21(12-9-19)13-15-5-10-22(14-15)18(24)25/h15-16H,2-14H2,1H3,(H,20,23)(H,24,25)/t15-/m0/s1. The first-order chi connectivity index (χ1) is 13.2. The molecule has 28 heavy (non-hydrogen) atoms. The third-order valence-corrected chi connectivity index (χ3v) is 8.31. The van der Waals surface area contributed by atoms with Gasteiger partial charge < -0.3 is 14.9 Å². The average molecular weight is 416 g/mol. The topological polar surface area (TPSA) is 107 Å². The van der Waals surface area contributed by atoms with Gasteiger partial charge in [-0.25, -0.2) is 13.2 Å². The molecule has 0 bridgehead atoms. The number of hydrogen-bond acceptors (Lipinski definition) is 5. The van der Waals surface area contributed by atoms with Crippen LogP contribution in [0.25, 0.3) is 0 Å². The molecule has 2 N–H and O–H groups in total. The summed E-state index contributed by atoms with van der Waals surface area (Å²) in [5.41, 5.74) is 0.291. The predicted octanol–water partition coefficient (Wildman–Crippen LogP) is 1.72. The van der Waals surface area contributed by atoms with E-state index in [1.807, 2.05) is 0 Å². The van der Waals surface area contributed by atoms with Gasteiger partial charge in [-0.1, -0.05) is 0 Å². The van der Waals surface area contributed by atoms with E-state index in [1.165, 1.54) is 11.8 Å². The molecule has 9 heteroatoms. The van der Waals surface area contributed by atoms with Crippen LogP contribution in [0.1, 0.15) is 51.9 Å². The van der Waals surface area contributed by atoms with Crippen molar-refractivity contribution in [2.45, 2.75) is 51.9 Å². The third-order valence-electron chi connectivity index (χ3n) is 7.04. The minimum Gasteiger partial charge on any atom is -0.465 e. The van der Waals surface area contributed by atoms with Crippen molar-refractivity contribution in [3.8, 4) is 0 Å². The van der Waals surface area contributed by atoms with Crippen LogP contribution >= 0.6 is 0 Å². The van der Waals surface area contributed by atoms with Gasteiger partial charge in [0.05, 0.1) is 5.75 Å². The molecule has 2 aliphatic heterocycles. The van der Waals surface area contributed by atoms with Crippen molar-refractivity contribution in [2.75, 3.05) is 38.5 Å². The molecule has 2 saturated heterocycles. The molecule has 0 unspecified atom stereocenters. The van der Waals surface area contributed by atoms with E-state index < -0.39 is 16.1 Å². The molecule has 0 aromatic carbocycles. The highest BCUT2D eigenvalue weighted by atomic mass is 32.2. The smallest absolute Gasteiger partial charge is 0.407 e. The van der Waals surface area contributed by atoms with Gasteiger partial charge >= 0.3 is 6.09 Å². The van der Waals surface area contributed by atoms with E-state index in [1.54, 1.807) is 0 Å². The zero-order chi connectivity index (χ0) is 20.4. The maximum Gasteiger partial charge on any atom is 0.407 e. The second kappa shape index (κ2) is 8.57. The van der Waals surface area contributed by atoms with Crippen LogP contribution < -0.4 is 4.72 Å². The summed E-state index contributed by atoms with van der Waals surface area (Å²) in [7, 11) is -3.48. The number of hydrogen-bond donors (Lipinski definition) is 2. The highest BCUT2D eigenvalue weighted by Gasteiger charge is 2.40. The fourth-order valence-electron chi connectivity index (χ4n) is 5.03. The van der Waals surface area contributed by atoms with Gasteiger partial charge in [-0.05, 0) is 76.3 Å². The lowest BCUT2D eigenvalue weighted by molar-refractivity contribution is -0.125. The lowest BCUT2D eigenvalue weighted by Crippen LogP contribution is -2.45. The third kappa shape index (κ3) is 5.17. The van der Waals surface area contributed by atoms with Gasteiger partial charge in [0.2, 0.25) is 15.9 Å². The largest absolute Gasteiger partial charge is 0.465 e. The van der Waals surface area contributed by atoms with Gasteiger partial charge in [-0.3, -0.25) is 9.52 Å². The quantitative estimate of drug-likeness (QED) is 0.708. The maximum absolute atomic E-state index is 12.2. The number of nitrogens with zero attached hydrogens (tertiary/aromatic N) is 2. The van der Waals surface area contributed by atoms with Gasteiger partial charge in [0.1, 0.15) is 0 Å². The first-order valence-corrected chi connectivity index (χ1v) is 12.1. The molecule has 1 spiro atoms. The van der Waals surface area contributed by atoms with Crippen molar-refractivity contribution >= 4 is 22.0 Å². The summed E-state index contributed by atoms with van der Waals surface area (Å²) in [6.07, 6.45) is 5.87.